The van der Waals surface area contributed by atoms with E-state index in [1.165, 1.54) is 11.3 Å². The molecule has 1 atom stereocenters. The molecule has 1 saturated heterocycles. The van der Waals surface area contributed by atoms with Crippen LogP contribution >= 0.6 is 11.3 Å². The highest BCUT2D eigenvalue weighted by Crippen LogP contribution is 2.38. The van der Waals surface area contributed by atoms with Crippen molar-refractivity contribution in [3.8, 4) is 0 Å². The average Bonchev–Trinajstić information content (AvgIpc) is 3.43. The average molecular weight is 512 g/mol. The molecule has 9 heteroatoms. The number of amides is 3. The number of hydrogen-bond donors (Lipinski definition) is 2. The first-order chi connectivity index (χ1) is 17.4. The van der Waals surface area contributed by atoms with Gasteiger partial charge < -0.3 is 20.3 Å². The number of anilines is 2. The highest BCUT2D eigenvalue weighted by molar-refractivity contribution is 7.17. The molecule has 36 heavy (non-hydrogen) atoms. The molecule has 192 valence electrons. The lowest BCUT2D eigenvalue weighted by molar-refractivity contribution is -0.128. The van der Waals surface area contributed by atoms with E-state index in [2.05, 4.69) is 17.6 Å². The number of aryl methyl sites for hydroxylation is 1. The van der Waals surface area contributed by atoms with Crippen molar-refractivity contribution in [3.05, 3.63) is 45.8 Å². The SMILES string of the molecule is CCCCN1CC(C(=O)Nc2ccc(C(=O)Nc3sc4c(c3C(=O)OCC)CCCC4)cc2)CC1=O. The van der Waals surface area contributed by atoms with Crippen molar-refractivity contribution in [3.63, 3.8) is 0 Å². The molecule has 4 rings (SSSR count). The second-order valence-corrected chi connectivity index (χ2v) is 10.4. The van der Waals surface area contributed by atoms with Gasteiger partial charge in [-0.2, -0.15) is 0 Å². The third kappa shape index (κ3) is 5.78. The molecule has 0 spiro atoms. The zero-order valence-corrected chi connectivity index (χ0v) is 21.7. The number of esters is 1. The zero-order valence-electron chi connectivity index (χ0n) is 20.9. The summed E-state index contributed by atoms with van der Waals surface area (Å²) >= 11 is 1.45. The maximum Gasteiger partial charge on any atom is 0.341 e. The normalized spacial score (nSPS) is 17.0. The summed E-state index contributed by atoms with van der Waals surface area (Å²) in [6.45, 7) is 5.24. The first-order valence-corrected chi connectivity index (χ1v) is 13.5. The number of rotatable bonds is 9. The second-order valence-electron chi connectivity index (χ2n) is 9.25. The molecule has 3 amide bonds. The van der Waals surface area contributed by atoms with E-state index in [1.54, 1.807) is 36.1 Å². The van der Waals surface area contributed by atoms with Crippen LogP contribution in [0.5, 0.6) is 0 Å². The Balaban J connectivity index is 1.40. The van der Waals surface area contributed by atoms with Crippen LogP contribution in [-0.4, -0.2) is 48.3 Å². The predicted octanol–water partition coefficient (Wildman–Crippen LogP) is 4.64. The van der Waals surface area contributed by atoms with Crippen LogP contribution in [0.15, 0.2) is 24.3 Å². The van der Waals surface area contributed by atoms with Crippen LogP contribution in [0.2, 0.25) is 0 Å². The molecule has 2 N–H and O–H groups in total. The highest BCUT2D eigenvalue weighted by atomic mass is 32.1. The fourth-order valence-electron chi connectivity index (χ4n) is 4.71. The van der Waals surface area contributed by atoms with E-state index >= 15 is 0 Å². The topological polar surface area (TPSA) is 105 Å². The molecule has 2 aromatic rings. The van der Waals surface area contributed by atoms with E-state index in [0.717, 1.165) is 49.0 Å². The Morgan fingerprint density at radius 1 is 1.08 bits per heavy atom. The maximum atomic E-state index is 13.0. The predicted molar refractivity (Wildman–Crippen MR) is 140 cm³/mol. The molecule has 0 saturated carbocycles. The van der Waals surface area contributed by atoms with Crippen LogP contribution in [0, 0.1) is 5.92 Å². The standard InChI is InChI=1S/C27H33N3O5S/c1-3-5-14-30-16-18(15-22(30)31)25(33)28-19-12-10-17(11-13-19)24(32)29-26-23(27(34)35-4-2)20-8-6-7-9-21(20)36-26/h10-13,18H,3-9,14-16H2,1-2H3,(H,28,33)(H,29,32). The van der Waals surface area contributed by atoms with Gasteiger partial charge in [0.25, 0.3) is 5.91 Å². The van der Waals surface area contributed by atoms with E-state index in [4.69, 9.17) is 4.74 Å². The number of nitrogens with zero attached hydrogens (tertiary/aromatic N) is 1. The van der Waals surface area contributed by atoms with Gasteiger partial charge in [-0.3, -0.25) is 14.4 Å². The van der Waals surface area contributed by atoms with Crippen molar-refractivity contribution < 1.29 is 23.9 Å². The van der Waals surface area contributed by atoms with E-state index in [9.17, 15) is 19.2 Å². The molecule has 1 fully saturated rings. The number of carbonyl (C=O) groups excluding carboxylic acids is 4. The van der Waals surface area contributed by atoms with Gasteiger partial charge in [-0.05, 0) is 68.9 Å². The number of fused-ring (bicyclic) bond motifs is 1. The Morgan fingerprint density at radius 3 is 2.56 bits per heavy atom. The summed E-state index contributed by atoms with van der Waals surface area (Å²) < 4.78 is 5.26. The fourth-order valence-corrected chi connectivity index (χ4v) is 5.98. The van der Waals surface area contributed by atoms with Gasteiger partial charge in [0.15, 0.2) is 0 Å². The highest BCUT2D eigenvalue weighted by Gasteiger charge is 2.34. The largest absolute Gasteiger partial charge is 0.462 e. The number of hydrogen-bond acceptors (Lipinski definition) is 6. The van der Waals surface area contributed by atoms with Crippen molar-refractivity contribution in [2.24, 2.45) is 5.92 Å². The van der Waals surface area contributed by atoms with Gasteiger partial charge in [-0.1, -0.05) is 13.3 Å². The van der Waals surface area contributed by atoms with Crippen molar-refractivity contribution in [2.75, 3.05) is 30.3 Å². The molecule has 2 heterocycles. The van der Waals surface area contributed by atoms with Crippen molar-refractivity contribution in [1.29, 1.82) is 0 Å². The lowest BCUT2D eigenvalue weighted by Gasteiger charge is -2.16. The number of ether oxygens (including phenoxy) is 1. The van der Waals surface area contributed by atoms with Gasteiger partial charge in [-0.25, -0.2) is 4.79 Å². The Bertz CT molecular complexity index is 1140. The maximum absolute atomic E-state index is 13.0. The molecule has 0 radical (unpaired) electrons. The second kappa shape index (κ2) is 11.7. The minimum Gasteiger partial charge on any atom is -0.462 e. The molecule has 0 bridgehead atoms. The van der Waals surface area contributed by atoms with Crippen LogP contribution in [0.4, 0.5) is 10.7 Å². The molecule has 8 nitrogen and oxygen atoms in total. The van der Waals surface area contributed by atoms with Crippen molar-refractivity contribution in [2.45, 2.75) is 58.8 Å². The Kier molecular flexibility index (Phi) is 8.40. The fraction of sp³-hybridized carbons (Fsp3) is 0.481. The van der Waals surface area contributed by atoms with Gasteiger partial charge in [0.1, 0.15) is 5.00 Å². The van der Waals surface area contributed by atoms with Gasteiger partial charge in [0.05, 0.1) is 18.1 Å². The number of carbonyl (C=O) groups is 4. The number of benzene rings is 1. The molecule has 1 aromatic heterocycles. The van der Waals surface area contributed by atoms with Crippen LogP contribution in [0.1, 0.15) is 77.1 Å². The van der Waals surface area contributed by atoms with E-state index in [1.807, 2.05) is 0 Å². The van der Waals surface area contributed by atoms with Crippen molar-refractivity contribution >= 4 is 45.7 Å². The summed E-state index contributed by atoms with van der Waals surface area (Å²) in [6, 6.07) is 6.61. The Morgan fingerprint density at radius 2 is 1.83 bits per heavy atom. The number of unbranched alkanes of at least 4 members (excludes halogenated alkanes) is 1. The van der Waals surface area contributed by atoms with Crippen LogP contribution in [0.25, 0.3) is 0 Å². The minimum atomic E-state index is -0.399. The quantitative estimate of drug-likeness (QED) is 0.477. The molecular weight excluding hydrogens is 478 g/mol. The Labute approximate surface area is 215 Å². The smallest absolute Gasteiger partial charge is 0.341 e. The zero-order chi connectivity index (χ0) is 25.7. The van der Waals surface area contributed by atoms with Gasteiger partial charge in [-0.15, -0.1) is 11.3 Å². The minimum absolute atomic E-state index is 0.0214. The third-order valence-corrected chi connectivity index (χ3v) is 7.87. The Hall–Kier alpha value is -3.20. The summed E-state index contributed by atoms with van der Waals surface area (Å²) in [4.78, 5) is 53.3. The number of nitrogens with one attached hydrogen (secondary N) is 2. The molecule has 1 unspecified atom stereocenters. The third-order valence-electron chi connectivity index (χ3n) is 6.66. The summed E-state index contributed by atoms with van der Waals surface area (Å²) in [5.41, 5.74) is 2.45. The molecule has 1 aliphatic heterocycles. The van der Waals surface area contributed by atoms with Crippen LogP contribution in [-0.2, 0) is 27.2 Å². The summed E-state index contributed by atoms with van der Waals surface area (Å²) in [5.74, 6) is -1.27. The number of thiophene rings is 1. The molecule has 1 aliphatic carbocycles. The lowest BCUT2D eigenvalue weighted by Crippen LogP contribution is -2.29. The van der Waals surface area contributed by atoms with Gasteiger partial charge in [0, 0.05) is 35.6 Å². The van der Waals surface area contributed by atoms with E-state index in [0.29, 0.717) is 34.9 Å². The first-order valence-electron chi connectivity index (χ1n) is 12.7. The number of likely N-dealkylation sites (tertiary alicyclic amines) is 1. The summed E-state index contributed by atoms with van der Waals surface area (Å²) in [5, 5.41) is 6.29. The van der Waals surface area contributed by atoms with Crippen LogP contribution in [0.3, 0.4) is 0 Å². The van der Waals surface area contributed by atoms with Gasteiger partial charge in [0.2, 0.25) is 11.8 Å². The monoisotopic (exact) mass is 511 g/mol. The first kappa shape index (κ1) is 25.9. The van der Waals surface area contributed by atoms with Crippen molar-refractivity contribution in [1.82, 2.24) is 4.90 Å². The van der Waals surface area contributed by atoms with E-state index < -0.39 is 5.97 Å². The van der Waals surface area contributed by atoms with E-state index in [-0.39, 0.29) is 36.7 Å². The summed E-state index contributed by atoms with van der Waals surface area (Å²) in [6.07, 6.45) is 5.96. The summed E-state index contributed by atoms with van der Waals surface area (Å²) in [7, 11) is 0. The molecule has 2 aliphatic rings. The lowest BCUT2D eigenvalue weighted by atomic mass is 9.95. The van der Waals surface area contributed by atoms with Crippen LogP contribution < -0.4 is 10.6 Å². The molecular formula is C27H33N3O5S. The molecule has 1 aromatic carbocycles. The van der Waals surface area contributed by atoms with Gasteiger partial charge >= 0.3 is 5.97 Å².